The zero-order chi connectivity index (χ0) is 10.7. The molecular formula is C10H12N4O. The van der Waals surface area contributed by atoms with Gasteiger partial charge in [-0.15, -0.1) is 10.2 Å². The van der Waals surface area contributed by atoms with Gasteiger partial charge in [-0.1, -0.05) is 30.3 Å². The predicted molar refractivity (Wildman–Crippen MR) is 54.0 cm³/mol. The second-order valence-electron chi connectivity index (χ2n) is 3.32. The third kappa shape index (κ3) is 2.38. The average Bonchev–Trinajstić information content (AvgIpc) is 2.65. The number of rotatable bonds is 3. The van der Waals surface area contributed by atoms with Crippen LogP contribution in [-0.2, 0) is 6.54 Å². The van der Waals surface area contributed by atoms with Crippen molar-refractivity contribution in [2.75, 3.05) is 0 Å². The average molecular weight is 204 g/mol. The molecule has 78 valence electrons. The molecule has 1 heterocycles. The van der Waals surface area contributed by atoms with E-state index in [4.69, 9.17) is 0 Å². The summed E-state index contributed by atoms with van der Waals surface area (Å²) in [4.78, 5) is 1.40. The molecule has 1 atom stereocenters. The summed E-state index contributed by atoms with van der Waals surface area (Å²) in [7, 11) is 0. The molecule has 2 rings (SSSR count). The van der Waals surface area contributed by atoms with Gasteiger partial charge in [-0.2, -0.15) is 4.80 Å². The molecule has 0 aliphatic rings. The van der Waals surface area contributed by atoms with Gasteiger partial charge in [0.25, 0.3) is 0 Å². The molecule has 5 heteroatoms. The summed E-state index contributed by atoms with van der Waals surface area (Å²) in [6.45, 7) is 2.09. The molecule has 0 aliphatic heterocycles. The third-order valence-corrected chi connectivity index (χ3v) is 2.07. The van der Waals surface area contributed by atoms with E-state index in [0.29, 0.717) is 12.4 Å². The van der Waals surface area contributed by atoms with Gasteiger partial charge in [0.05, 0.1) is 6.54 Å². The van der Waals surface area contributed by atoms with Crippen LogP contribution in [0.5, 0.6) is 0 Å². The highest BCUT2D eigenvalue weighted by Crippen LogP contribution is 2.12. The standard InChI is InChI=1S/C10H12N4O/c1-8-11-13-14(12-8)7-10(15)9-5-3-2-4-6-9/h2-6,10,15H,7H2,1H3. The number of hydrogen-bond acceptors (Lipinski definition) is 4. The van der Waals surface area contributed by atoms with Crippen molar-refractivity contribution in [3.63, 3.8) is 0 Å². The first-order valence-corrected chi connectivity index (χ1v) is 4.73. The number of aromatic nitrogens is 4. The van der Waals surface area contributed by atoms with Crippen LogP contribution in [0.1, 0.15) is 17.5 Å². The van der Waals surface area contributed by atoms with E-state index >= 15 is 0 Å². The Morgan fingerprint density at radius 1 is 1.33 bits per heavy atom. The Morgan fingerprint density at radius 2 is 2.07 bits per heavy atom. The molecule has 0 radical (unpaired) electrons. The van der Waals surface area contributed by atoms with Gasteiger partial charge >= 0.3 is 0 Å². The molecule has 15 heavy (non-hydrogen) atoms. The first-order valence-electron chi connectivity index (χ1n) is 4.73. The number of aryl methyl sites for hydroxylation is 1. The number of aliphatic hydroxyl groups excluding tert-OH is 1. The third-order valence-electron chi connectivity index (χ3n) is 2.07. The molecule has 0 spiro atoms. The molecule has 0 amide bonds. The largest absolute Gasteiger partial charge is 0.386 e. The Morgan fingerprint density at radius 3 is 2.67 bits per heavy atom. The van der Waals surface area contributed by atoms with Crippen molar-refractivity contribution >= 4 is 0 Å². The van der Waals surface area contributed by atoms with Crippen molar-refractivity contribution in [3.05, 3.63) is 41.7 Å². The highest BCUT2D eigenvalue weighted by molar-refractivity contribution is 5.16. The molecule has 1 aromatic heterocycles. The van der Waals surface area contributed by atoms with E-state index in [2.05, 4.69) is 15.4 Å². The SMILES string of the molecule is Cc1nnn(CC(O)c2ccccc2)n1. The van der Waals surface area contributed by atoms with E-state index in [0.717, 1.165) is 5.56 Å². The van der Waals surface area contributed by atoms with Crippen LogP contribution in [-0.4, -0.2) is 25.3 Å². The maximum atomic E-state index is 9.85. The van der Waals surface area contributed by atoms with Crippen LogP contribution in [0, 0.1) is 6.92 Å². The van der Waals surface area contributed by atoms with E-state index < -0.39 is 6.10 Å². The van der Waals surface area contributed by atoms with E-state index in [-0.39, 0.29) is 0 Å². The fourth-order valence-corrected chi connectivity index (χ4v) is 1.34. The lowest BCUT2D eigenvalue weighted by molar-refractivity contribution is 0.144. The van der Waals surface area contributed by atoms with E-state index in [9.17, 15) is 5.11 Å². The Balaban J connectivity index is 2.07. The van der Waals surface area contributed by atoms with Gasteiger partial charge < -0.3 is 5.11 Å². The summed E-state index contributed by atoms with van der Waals surface area (Å²) in [6.07, 6.45) is -0.597. The monoisotopic (exact) mass is 204 g/mol. The van der Waals surface area contributed by atoms with Crippen molar-refractivity contribution in [2.45, 2.75) is 19.6 Å². The Kier molecular flexibility index (Phi) is 2.73. The smallest absolute Gasteiger partial charge is 0.171 e. The second kappa shape index (κ2) is 4.18. The van der Waals surface area contributed by atoms with E-state index in [1.165, 1.54) is 4.80 Å². The van der Waals surface area contributed by atoms with Crippen molar-refractivity contribution in [3.8, 4) is 0 Å². The van der Waals surface area contributed by atoms with Gasteiger partial charge in [-0.3, -0.25) is 0 Å². The molecule has 1 unspecified atom stereocenters. The van der Waals surface area contributed by atoms with Crippen molar-refractivity contribution in [1.29, 1.82) is 0 Å². The predicted octanol–water partition coefficient (Wildman–Crippen LogP) is 0.715. The second-order valence-corrected chi connectivity index (χ2v) is 3.32. The molecule has 2 aromatic rings. The molecule has 0 saturated heterocycles. The van der Waals surface area contributed by atoms with Crippen molar-refractivity contribution in [2.24, 2.45) is 0 Å². The fraction of sp³-hybridized carbons (Fsp3) is 0.300. The first kappa shape index (κ1) is 9.79. The number of hydrogen-bond donors (Lipinski definition) is 1. The summed E-state index contributed by atoms with van der Waals surface area (Å²) >= 11 is 0. The van der Waals surface area contributed by atoms with Gasteiger partial charge in [0.1, 0.15) is 6.10 Å². The first-order chi connectivity index (χ1) is 7.25. The van der Waals surface area contributed by atoms with Crippen LogP contribution < -0.4 is 0 Å². The summed E-state index contributed by atoms with van der Waals surface area (Å²) in [6, 6.07) is 9.42. The molecule has 1 aromatic carbocycles. The zero-order valence-electron chi connectivity index (χ0n) is 8.41. The number of tetrazole rings is 1. The topological polar surface area (TPSA) is 63.8 Å². The summed E-state index contributed by atoms with van der Waals surface area (Å²) in [5, 5.41) is 21.4. The fourth-order valence-electron chi connectivity index (χ4n) is 1.34. The highest BCUT2D eigenvalue weighted by Gasteiger charge is 2.09. The van der Waals surface area contributed by atoms with E-state index in [1.807, 2.05) is 30.3 Å². The lowest BCUT2D eigenvalue weighted by Crippen LogP contribution is -2.11. The number of aliphatic hydroxyl groups is 1. The molecule has 5 nitrogen and oxygen atoms in total. The zero-order valence-corrected chi connectivity index (χ0v) is 8.41. The Labute approximate surface area is 87.4 Å². The van der Waals surface area contributed by atoms with Crippen LogP contribution in [0.3, 0.4) is 0 Å². The van der Waals surface area contributed by atoms with Gasteiger partial charge in [0.15, 0.2) is 5.82 Å². The lowest BCUT2D eigenvalue weighted by Gasteiger charge is -2.08. The Hall–Kier alpha value is -1.75. The van der Waals surface area contributed by atoms with Crippen LogP contribution >= 0.6 is 0 Å². The van der Waals surface area contributed by atoms with Crippen molar-refractivity contribution < 1.29 is 5.11 Å². The number of nitrogens with zero attached hydrogens (tertiary/aromatic N) is 4. The summed E-state index contributed by atoms with van der Waals surface area (Å²) in [5.74, 6) is 0.607. The summed E-state index contributed by atoms with van der Waals surface area (Å²) in [5.41, 5.74) is 0.854. The quantitative estimate of drug-likeness (QED) is 0.800. The number of benzene rings is 1. The molecule has 0 fully saturated rings. The maximum Gasteiger partial charge on any atom is 0.171 e. The van der Waals surface area contributed by atoms with Gasteiger partial charge in [0, 0.05) is 0 Å². The molecule has 0 bridgehead atoms. The summed E-state index contributed by atoms with van der Waals surface area (Å²) < 4.78 is 0. The van der Waals surface area contributed by atoms with Gasteiger partial charge in [-0.25, -0.2) is 0 Å². The molecule has 0 aliphatic carbocycles. The van der Waals surface area contributed by atoms with Gasteiger partial charge in [0.2, 0.25) is 0 Å². The van der Waals surface area contributed by atoms with Crippen LogP contribution in [0.2, 0.25) is 0 Å². The normalized spacial score (nSPS) is 12.7. The molecule has 0 saturated carbocycles. The highest BCUT2D eigenvalue weighted by atomic mass is 16.3. The van der Waals surface area contributed by atoms with Crippen LogP contribution in [0.4, 0.5) is 0 Å². The minimum atomic E-state index is -0.597. The molecular weight excluding hydrogens is 192 g/mol. The minimum Gasteiger partial charge on any atom is -0.386 e. The van der Waals surface area contributed by atoms with Crippen LogP contribution in [0.15, 0.2) is 30.3 Å². The lowest BCUT2D eigenvalue weighted by atomic mass is 10.1. The van der Waals surface area contributed by atoms with Crippen molar-refractivity contribution in [1.82, 2.24) is 20.2 Å². The van der Waals surface area contributed by atoms with Gasteiger partial charge in [-0.05, 0) is 17.7 Å². The van der Waals surface area contributed by atoms with Crippen LogP contribution in [0.25, 0.3) is 0 Å². The minimum absolute atomic E-state index is 0.324. The Bertz CT molecular complexity index is 426. The molecule has 1 N–H and O–H groups in total. The maximum absolute atomic E-state index is 9.85. The van der Waals surface area contributed by atoms with E-state index in [1.54, 1.807) is 6.92 Å².